The molecule has 5 rings (SSSR count). The van der Waals surface area contributed by atoms with Gasteiger partial charge >= 0.3 is 11.9 Å². The summed E-state index contributed by atoms with van der Waals surface area (Å²) >= 11 is 0. The quantitative estimate of drug-likeness (QED) is 0.0238. The number of carbonyl (C=O) groups excluding carboxylic acids is 17. The van der Waals surface area contributed by atoms with Crippen molar-refractivity contribution in [2.45, 2.75) is 193 Å². The molecule has 0 spiro atoms. The molecular weight excluding hydrogens is 1720 g/mol. The number of benzene rings is 3. The van der Waals surface area contributed by atoms with Crippen LogP contribution in [0.25, 0.3) is 0 Å². The van der Waals surface area contributed by atoms with Gasteiger partial charge < -0.3 is 115 Å². The van der Waals surface area contributed by atoms with Crippen LogP contribution in [0.3, 0.4) is 0 Å². The van der Waals surface area contributed by atoms with E-state index in [4.69, 9.17) is 0 Å². The fourth-order valence-electron chi connectivity index (χ4n) is 13.7. The van der Waals surface area contributed by atoms with Gasteiger partial charge in [0.1, 0.15) is 71.9 Å². The highest BCUT2D eigenvalue weighted by Crippen LogP contribution is 2.27. The van der Waals surface area contributed by atoms with Crippen LogP contribution in [0.15, 0.2) is 72.8 Å². The van der Waals surface area contributed by atoms with Crippen LogP contribution < -0.4 is 79.8 Å². The Morgan fingerprint density at radius 2 is 1.02 bits per heavy atom. The van der Waals surface area contributed by atoms with Crippen LogP contribution in [0.4, 0.5) is 0 Å². The van der Waals surface area contributed by atoms with Gasteiger partial charge in [-0.2, -0.15) is 0 Å². The fourth-order valence-corrected chi connectivity index (χ4v) is 16.0. The average molecular weight is 1850 g/mol. The lowest BCUT2D eigenvalue weighted by Gasteiger charge is -2.33. The second kappa shape index (κ2) is 54.8. The Bertz CT molecular complexity index is 4360. The van der Waals surface area contributed by atoms with E-state index < -0.39 is 198 Å². The number of hydrogen-bond donors (Lipinski definition) is 20. The third-order valence-electron chi connectivity index (χ3n) is 20.2. The maximum atomic E-state index is 15.4. The minimum atomic E-state index is -2.11. The third kappa shape index (κ3) is 39.9. The molecule has 0 bridgehead atoms. The van der Waals surface area contributed by atoms with Crippen molar-refractivity contribution >= 4 is 134 Å². The van der Waals surface area contributed by atoms with Crippen molar-refractivity contribution in [1.29, 1.82) is 0 Å². The van der Waals surface area contributed by atoms with Gasteiger partial charge in [0, 0.05) is 131 Å². The Hall–Kier alpha value is -12.2. The van der Waals surface area contributed by atoms with Crippen LogP contribution in [0.2, 0.25) is 0 Å². The highest BCUT2D eigenvalue weighted by atomic mass is 33.1. The average Bonchev–Trinajstić information content (AvgIpc) is 1.76. The zero-order valence-corrected chi connectivity index (χ0v) is 75.6. The minimum absolute atomic E-state index is 0.0179. The van der Waals surface area contributed by atoms with Gasteiger partial charge in [-0.25, -0.2) is 0 Å². The topological polar surface area (TPSA) is 619 Å². The number of aliphatic hydroxyl groups excluding tert-OH is 1. The normalized spacial score (nSPS) is 18.9. The molecule has 2 fully saturated rings. The van der Waals surface area contributed by atoms with E-state index >= 15 is 14.4 Å². The Balaban J connectivity index is 1.55. The molecule has 0 aliphatic carbocycles. The number of aliphatic hydroxyl groups is 1. The summed E-state index contributed by atoms with van der Waals surface area (Å²) in [5.41, 5.74) is 1.65. The summed E-state index contributed by atoms with van der Waals surface area (Å²) < 4.78 is 0. The van der Waals surface area contributed by atoms with E-state index in [1.807, 2.05) is 0 Å². The van der Waals surface area contributed by atoms with Gasteiger partial charge in [0.2, 0.25) is 100 Å². The second-order valence-electron chi connectivity index (χ2n) is 32.2. The van der Waals surface area contributed by atoms with Crippen LogP contribution in [0, 0.1) is 11.8 Å². The van der Waals surface area contributed by atoms with E-state index in [2.05, 4.69) is 79.8 Å². The predicted molar refractivity (Wildman–Crippen MR) is 471 cm³/mol. The molecule has 2 saturated heterocycles. The number of likely N-dealkylation sites (tertiary alicyclic amines) is 1. The molecule has 2 aliphatic heterocycles. The van der Waals surface area contributed by atoms with Gasteiger partial charge in [0.05, 0.1) is 38.6 Å². The summed E-state index contributed by atoms with van der Waals surface area (Å²) in [6.07, 6.45) is -4.74. The maximum Gasteiger partial charge on any atom is 0.305 e. The molecule has 20 N–H and O–H groups in total. The number of rotatable bonds is 42. The number of amides is 17. The number of aromatic hydroxyl groups is 2. The van der Waals surface area contributed by atoms with Crippen molar-refractivity contribution in [3.8, 4) is 11.5 Å². The Morgan fingerprint density at radius 1 is 0.527 bits per heavy atom. The van der Waals surface area contributed by atoms with Crippen LogP contribution in [0.5, 0.6) is 11.5 Å². The van der Waals surface area contributed by atoms with Crippen molar-refractivity contribution in [3.05, 3.63) is 95.1 Å². The summed E-state index contributed by atoms with van der Waals surface area (Å²) in [4.78, 5) is 267. The number of aliphatic carboxylic acids is 2. The molecule has 2 unspecified atom stereocenters. The molecule has 3 aromatic rings. The molecule has 2 aliphatic rings. The first-order chi connectivity index (χ1) is 60.9. The molecule has 3 aromatic carbocycles. The summed E-state index contributed by atoms with van der Waals surface area (Å²) in [6.45, 7) is 13.3. The molecule has 710 valence electrons. The molecule has 11 atom stereocenters. The van der Waals surface area contributed by atoms with Crippen LogP contribution in [-0.2, 0) is 117 Å². The zero-order chi connectivity index (χ0) is 95.7. The lowest BCUT2D eigenvalue weighted by atomic mass is 10.0. The van der Waals surface area contributed by atoms with Gasteiger partial charge in [-0.1, -0.05) is 97.8 Å². The van der Waals surface area contributed by atoms with E-state index in [0.717, 1.165) is 40.5 Å². The van der Waals surface area contributed by atoms with Crippen LogP contribution in [0.1, 0.15) is 123 Å². The number of phenols is 2. The van der Waals surface area contributed by atoms with Crippen LogP contribution >= 0.6 is 21.6 Å². The first kappa shape index (κ1) is 107. The number of carbonyl (C=O) groups is 19. The SMILES string of the molecule is CC(=O)NCCN(CCNC(C)=O)CC(=O)NCc1cccc(CNC(=O)[C@H](CC(=O)O)NC(=O)[C@H](CC(C)C)N(C)C(=O)[C@@H]2CSSC[C@H](NC(=O)[C@@H]3CCCN3C(=O)C(CC(C)C)NC(=O)CN(CCNC(C)=O)CCNC(C)=O)C(=O)N[C@@H](CC(=O)O)C(=O)N[C@@H](Cc3ccc(O)cc3)C(=O)N[C@@H](Cc3ccc(O)cc3)C(=O)NCC(=O)N[C@@H](C(C)O)C(=O)N2)c1. The van der Waals surface area contributed by atoms with Crippen molar-refractivity contribution in [2.24, 2.45) is 11.8 Å². The highest BCUT2D eigenvalue weighted by molar-refractivity contribution is 8.76. The van der Waals surface area contributed by atoms with E-state index in [0.29, 0.717) is 29.8 Å². The largest absolute Gasteiger partial charge is 0.508 e. The van der Waals surface area contributed by atoms with Crippen molar-refractivity contribution in [2.75, 3.05) is 97.1 Å². The molecule has 0 aromatic heterocycles. The molecular formula is C84H123N19O24S2. The second-order valence-corrected chi connectivity index (χ2v) is 34.8. The highest BCUT2D eigenvalue weighted by Gasteiger charge is 2.42. The van der Waals surface area contributed by atoms with Crippen molar-refractivity contribution < 1.29 is 117 Å². The van der Waals surface area contributed by atoms with E-state index in [-0.39, 0.29) is 151 Å². The number of nitrogens with one attached hydrogen (secondary N) is 15. The van der Waals surface area contributed by atoms with Gasteiger partial charge in [-0.15, -0.1) is 0 Å². The van der Waals surface area contributed by atoms with Gasteiger partial charge in [-0.05, 0) is 91.0 Å². The van der Waals surface area contributed by atoms with E-state index in [9.17, 15) is 102 Å². The van der Waals surface area contributed by atoms with E-state index in [1.54, 1.807) is 61.8 Å². The Labute approximate surface area is 755 Å². The van der Waals surface area contributed by atoms with Crippen molar-refractivity contribution in [1.82, 2.24) is 99.4 Å². The number of hydrogen-bond acceptors (Lipinski definition) is 26. The monoisotopic (exact) mass is 1850 g/mol. The summed E-state index contributed by atoms with van der Waals surface area (Å²) in [5, 5.41) is 90.7. The summed E-state index contributed by atoms with van der Waals surface area (Å²) in [6, 6.07) is 0.00766. The Kier molecular flexibility index (Phi) is 45.6. The summed E-state index contributed by atoms with van der Waals surface area (Å²) in [5.74, 6) is -19.6. The molecule has 45 heteroatoms. The predicted octanol–water partition coefficient (Wildman–Crippen LogP) is -4.41. The minimum Gasteiger partial charge on any atom is -0.508 e. The van der Waals surface area contributed by atoms with Gasteiger partial charge in [0.15, 0.2) is 0 Å². The lowest BCUT2D eigenvalue weighted by Crippen LogP contribution is -2.61. The molecule has 0 saturated carbocycles. The molecule has 43 nitrogen and oxygen atoms in total. The van der Waals surface area contributed by atoms with Crippen molar-refractivity contribution in [3.63, 3.8) is 0 Å². The number of phenolic OH excluding ortho intramolecular Hbond substituents is 2. The van der Waals surface area contributed by atoms with Gasteiger partial charge in [-0.3, -0.25) is 101 Å². The van der Waals surface area contributed by atoms with Crippen LogP contribution in [-0.4, -0.2) is 321 Å². The van der Waals surface area contributed by atoms with Gasteiger partial charge in [0.25, 0.3) is 0 Å². The lowest BCUT2D eigenvalue weighted by molar-refractivity contribution is -0.144. The molecule has 0 radical (unpaired) electrons. The smallest absolute Gasteiger partial charge is 0.305 e. The first-order valence-corrected chi connectivity index (χ1v) is 44.7. The third-order valence-corrected chi connectivity index (χ3v) is 22.7. The molecule has 129 heavy (non-hydrogen) atoms. The summed E-state index contributed by atoms with van der Waals surface area (Å²) in [7, 11) is 2.64. The number of nitrogens with zero attached hydrogens (tertiary/aromatic N) is 4. The number of likely N-dealkylation sites (N-methyl/N-ethyl adjacent to an activating group) is 1. The zero-order valence-electron chi connectivity index (χ0n) is 74.0. The standard InChI is InChI=1S/C84H123N19O24S2/c1-47(2)33-64(92-71(113)44-102(31-26-87-52(8)107)32-27-88-53(9)108)84(127)103-28-12-15-67(103)80(123)97-65-45-128-129-46-66(83(126)100(10)68(34-48(3)4)81(124)96-62(38-72(114)115)76(119)90-41-57-14-11-13-56(35-57)40-89-70(112)43-101(29-24-85-50(6)105)30-25-86-51(7)106)98-82(125)74(49(5)104)99-69(111)42-91-75(118)60(36-54-16-20-58(109)21-17-54)93-77(120)61(37-55-18-22-59(110)23-19-55)94-78(121)63(39-73(116)117)95-79(65)122/h11,13-14,16-23,35,47-49,60-68,74,104,109-110H,12,15,24-34,36-46H2,1-10H3,(H,85,105)(H,86,106)(H,87,107)(H,88,108)(H,89,112)(H,90,119)(H,91,118)(H,92,113)(H,93,120)(H,94,121)(H,95,122)(H,96,124)(H,97,123)(H,98,125)(H,99,111)(H,114,115)(H,116,117)/t49?,60-,61-,62-,63-,64?,65-,66-,67-,68-,74-/m0/s1. The Morgan fingerprint density at radius 3 is 1.51 bits per heavy atom. The maximum absolute atomic E-state index is 15.4. The van der Waals surface area contributed by atoms with E-state index in [1.165, 1.54) is 81.1 Å². The first-order valence-electron chi connectivity index (χ1n) is 42.2. The molecule has 2 heterocycles. The number of carboxylic acids is 2. The fraction of sp³-hybridized carbons (Fsp3) is 0.560. The number of carboxylic acid groups (broad SMARTS) is 2. The molecule has 17 amide bonds.